The molecule has 1 aliphatic rings. The Morgan fingerprint density at radius 1 is 1.24 bits per heavy atom. The number of ketones is 1. The molecule has 0 aliphatic carbocycles. The molecule has 1 atom stereocenters. The van der Waals surface area contributed by atoms with E-state index in [0.717, 1.165) is 24.0 Å². The first-order valence-electron chi connectivity index (χ1n) is 9.74. The number of amides is 1. The van der Waals surface area contributed by atoms with Crippen LogP contribution in [-0.4, -0.2) is 40.3 Å². The Kier molecular flexibility index (Phi) is 6.01. The van der Waals surface area contributed by atoms with Gasteiger partial charge in [-0.2, -0.15) is 0 Å². The fourth-order valence-corrected chi connectivity index (χ4v) is 3.73. The third-order valence-electron chi connectivity index (χ3n) is 5.29. The van der Waals surface area contributed by atoms with E-state index in [0.29, 0.717) is 23.4 Å². The lowest BCUT2D eigenvalue weighted by Gasteiger charge is -2.25. The van der Waals surface area contributed by atoms with Gasteiger partial charge in [0, 0.05) is 24.5 Å². The van der Waals surface area contributed by atoms with Crippen molar-refractivity contribution in [1.29, 1.82) is 0 Å². The van der Waals surface area contributed by atoms with Crippen LogP contribution in [0.4, 0.5) is 0 Å². The number of rotatable bonds is 6. The molecule has 0 spiro atoms. The molecule has 0 radical (unpaired) electrons. The number of carbonyl (C=O) groups is 2. The van der Waals surface area contributed by atoms with Gasteiger partial charge in [0.05, 0.1) is 18.7 Å². The number of aliphatic hydroxyl groups excluding tert-OH is 1. The standard InChI is InChI=1S/C23H26N2O4/c1-5-6-10-25-20(16-8-7-9-24-13-16)19(22(27)23(25)28)21(26)17-11-15(3)18(29-4)12-14(17)2/h7-9,11-13,20,26H,5-6,10H2,1-4H3/b21-19+. The van der Waals surface area contributed by atoms with Crippen molar-refractivity contribution < 1.29 is 19.4 Å². The van der Waals surface area contributed by atoms with Crippen molar-refractivity contribution in [3.63, 3.8) is 0 Å². The molecule has 1 fully saturated rings. The van der Waals surface area contributed by atoms with E-state index in [4.69, 9.17) is 4.74 Å². The lowest BCUT2D eigenvalue weighted by atomic mass is 9.93. The number of hydrogen-bond donors (Lipinski definition) is 1. The van der Waals surface area contributed by atoms with E-state index >= 15 is 0 Å². The molecule has 2 heterocycles. The van der Waals surface area contributed by atoms with Crippen molar-refractivity contribution in [1.82, 2.24) is 9.88 Å². The molecule has 0 saturated carbocycles. The predicted molar refractivity (Wildman–Crippen MR) is 111 cm³/mol. The molecular weight excluding hydrogens is 368 g/mol. The summed E-state index contributed by atoms with van der Waals surface area (Å²) < 4.78 is 5.34. The molecule has 1 aromatic heterocycles. The Morgan fingerprint density at radius 3 is 2.62 bits per heavy atom. The Balaban J connectivity index is 2.20. The molecule has 1 unspecified atom stereocenters. The van der Waals surface area contributed by atoms with Gasteiger partial charge in [0.1, 0.15) is 11.5 Å². The smallest absolute Gasteiger partial charge is 0.295 e. The maximum Gasteiger partial charge on any atom is 0.295 e. The van der Waals surface area contributed by atoms with Crippen molar-refractivity contribution in [3.8, 4) is 5.75 Å². The highest BCUT2D eigenvalue weighted by Crippen LogP contribution is 2.40. The fourth-order valence-electron chi connectivity index (χ4n) is 3.73. The largest absolute Gasteiger partial charge is 0.507 e. The van der Waals surface area contributed by atoms with Crippen LogP contribution in [0.15, 0.2) is 42.2 Å². The molecule has 1 amide bonds. The van der Waals surface area contributed by atoms with Gasteiger partial charge < -0.3 is 14.7 Å². The maximum absolute atomic E-state index is 12.9. The number of aliphatic hydroxyl groups is 1. The minimum atomic E-state index is -0.666. The number of nitrogens with zero attached hydrogens (tertiary/aromatic N) is 2. The lowest BCUT2D eigenvalue weighted by Crippen LogP contribution is -2.30. The summed E-state index contributed by atoms with van der Waals surface area (Å²) in [6.45, 7) is 6.17. The van der Waals surface area contributed by atoms with Gasteiger partial charge in [-0.05, 0) is 55.2 Å². The summed E-state index contributed by atoms with van der Waals surface area (Å²) in [5.41, 5.74) is 2.91. The van der Waals surface area contributed by atoms with E-state index in [2.05, 4.69) is 4.98 Å². The van der Waals surface area contributed by atoms with Gasteiger partial charge in [-0.15, -0.1) is 0 Å². The topological polar surface area (TPSA) is 79.7 Å². The zero-order chi connectivity index (χ0) is 21.1. The highest BCUT2D eigenvalue weighted by molar-refractivity contribution is 6.46. The van der Waals surface area contributed by atoms with Gasteiger partial charge in [0.2, 0.25) is 0 Å². The van der Waals surface area contributed by atoms with Crippen LogP contribution in [0.5, 0.6) is 5.75 Å². The fraction of sp³-hybridized carbons (Fsp3) is 0.348. The number of pyridine rings is 1. The van der Waals surface area contributed by atoms with E-state index < -0.39 is 17.7 Å². The molecule has 2 aromatic rings. The Hall–Kier alpha value is -3.15. The maximum atomic E-state index is 12.9. The van der Waals surface area contributed by atoms with Crippen molar-refractivity contribution in [2.75, 3.05) is 13.7 Å². The second-order valence-corrected chi connectivity index (χ2v) is 7.27. The lowest BCUT2D eigenvalue weighted by molar-refractivity contribution is -0.139. The zero-order valence-corrected chi connectivity index (χ0v) is 17.2. The molecule has 1 saturated heterocycles. The van der Waals surface area contributed by atoms with Crippen molar-refractivity contribution in [3.05, 3.63) is 64.5 Å². The number of Topliss-reactive ketones (excluding diaryl/α,β-unsaturated/α-hetero) is 1. The summed E-state index contributed by atoms with van der Waals surface area (Å²) in [5, 5.41) is 11.2. The van der Waals surface area contributed by atoms with Crippen molar-refractivity contribution in [2.45, 2.75) is 39.7 Å². The first kappa shape index (κ1) is 20.6. The number of aryl methyl sites for hydroxylation is 2. The van der Waals surface area contributed by atoms with Crippen LogP contribution >= 0.6 is 0 Å². The minimum Gasteiger partial charge on any atom is -0.507 e. The number of aromatic nitrogens is 1. The molecule has 6 nitrogen and oxygen atoms in total. The van der Waals surface area contributed by atoms with E-state index in [1.54, 1.807) is 36.5 Å². The molecule has 6 heteroatoms. The Labute approximate surface area is 170 Å². The zero-order valence-electron chi connectivity index (χ0n) is 17.2. The average molecular weight is 394 g/mol. The summed E-state index contributed by atoms with van der Waals surface area (Å²) in [7, 11) is 1.59. The molecule has 1 aromatic carbocycles. The molecule has 29 heavy (non-hydrogen) atoms. The van der Waals surface area contributed by atoms with Crippen LogP contribution in [0.2, 0.25) is 0 Å². The van der Waals surface area contributed by atoms with Crippen LogP contribution in [0.1, 0.15) is 48.1 Å². The normalized spacial score (nSPS) is 18.3. The van der Waals surface area contributed by atoms with Crippen molar-refractivity contribution in [2.24, 2.45) is 0 Å². The van der Waals surface area contributed by atoms with E-state index in [1.165, 1.54) is 0 Å². The quantitative estimate of drug-likeness (QED) is 0.456. The third-order valence-corrected chi connectivity index (χ3v) is 5.29. The van der Waals surface area contributed by atoms with Gasteiger partial charge in [0.25, 0.3) is 11.7 Å². The average Bonchev–Trinajstić information content (AvgIpc) is 2.98. The van der Waals surface area contributed by atoms with Crippen molar-refractivity contribution >= 4 is 17.4 Å². The Bertz CT molecular complexity index is 966. The summed E-state index contributed by atoms with van der Waals surface area (Å²) in [6, 6.07) is 6.52. The second kappa shape index (κ2) is 8.47. The van der Waals surface area contributed by atoms with Gasteiger partial charge in [-0.25, -0.2) is 0 Å². The number of carbonyl (C=O) groups excluding carboxylic acids is 2. The van der Waals surface area contributed by atoms with E-state index in [-0.39, 0.29) is 11.3 Å². The predicted octanol–water partition coefficient (Wildman–Crippen LogP) is 3.93. The molecule has 152 valence electrons. The van der Waals surface area contributed by atoms with Crippen LogP contribution in [0.25, 0.3) is 5.76 Å². The molecule has 1 aliphatic heterocycles. The second-order valence-electron chi connectivity index (χ2n) is 7.27. The number of likely N-dealkylation sites (tertiary alicyclic amines) is 1. The highest BCUT2D eigenvalue weighted by Gasteiger charge is 2.46. The monoisotopic (exact) mass is 394 g/mol. The van der Waals surface area contributed by atoms with E-state index in [9.17, 15) is 14.7 Å². The number of hydrogen-bond acceptors (Lipinski definition) is 5. The SMILES string of the molecule is CCCCN1C(=O)C(=O)/C(=C(/O)c2cc(C)c(OC)cc2C)C1c1cccnc1. The minimum absolute atomic E-state index is 0.103. The molecule has 3 rings (SSSR count). The summed E-state index contributed by atoms with van der Waals surface area (Å²) in [4.78, 5) is 31.4. The number of methoxy groups -OCH3 is 1. The molecule has 1 N–H and O–H groups in total. The number of unbranched alkanes of at least 4 members (excludes halogenated alkanes) is 1. The van der Waals surface area contributed by atoms with Crippen LogP contribution < -0.4 is 4.74 Å². The molecular formula is C23H26N2O4. The number of benzene rings is 1. The van der Waals surface area contributed by atoms with Gasteiger partial charge >= 0.3 is 0 Å². The highest BCUT2D eigenvalue weighted by atomic mass is 16.5. The van der Waals surface area contributed by atoms with Gasteiger partial charge in [-0.3, -0.25) is 14.6 Å². The summed E-state index contributed by atoms with van der Waals surface area (Å²) >= 11 is 0. The van der Waals surface area contributed by atoms with Crippen LogP contribution in [0, 0.1) is 13.8 Å². The molecule has 0 bridgehead atoms. The van der Waals surface area contributed by atoms with Gasteiger partial charge in [-0.1, -0.05) is 19.4 Å². The number of ether oxygens (including phenoxy) is 1. The Morgan fingerprint density at radius 2 is 2.00 bits per heavy atom. The first-order valence-corrected chi connectivity index (χ1v) is 9.74. The summed E-state index contributed by atoms with van der Waals surface area (Å²) in [6.07, 6.45) is 4.93. The van der Waals surface area contributed by atoms with Crippen LogP contribution in [0.3, 0.4) is 0 Å². The van der Waals surface area contributed by atoms with Gasteiger partial charge in [0.15, 0.2) is 0 Å². The summed E-state index contributed by atoms with van der Waals surface area (Å²) in [5.74, 6) is -0.720. The van der Waals surface area contributed by atoms with Crippen LogP contribution in [-0.2, 0) is 9.59 Å². The third kappa shape index (κ3) is 3.75. The van der Waals surface area contributed by atoms with E-state index in [1.807, 2.05) is 32.9 Å². The first-order chi connectivity index (χ1) is 13.9.